The molecule has 0 radical (unpaired) electrons. The van der Waals surface area contributed by atoms with Crippen LogP contribution in [0.1, 0.15) is 47.2 Å². The van der Waals surface area contributed by atoms with Crippen molar-refractivity contribution in [3.63, 3.8) is 0 Å². The molecule has 0 heterocycles. The summed E-state index contributed by atoms with van der Waals surface area (Å²) >= 11 is 0. The van der Waals surface area contributed by atoms with E-state index in [0.29, 0.717) is 12.5 Å². The predicted octanol–water partition coefficient (Wildman–Crippen LogP) is 2.55. The molecule has 1 aliphatic rings. The molecule has 2 rings (SSSR count). The Kier molecular flexibility index (Phi) is 4.59. The predicted molar refractivity (Wildman–Crippen MR) is 78.2 cm³/mol. The number of hydrogen-bond acceptors (Lipinski definition) is 2. The number of hydrogen-bond donors (Lipinski definition) is 2. The fraction of sp³-hybridized carbons (Fsp3) is 0.562. The number of nitrogens with two attached hydrogens (primary N) is 1. The van der Waals surface area contributed by atoms with Crippen LogP contribution in [-0.2, 0) is 0 Å². The lowest BCUT2D eigenvalue weighted by Gasteiger charge is -2.28. The number of carbonyl (C=O) groups is 1. The normalized spacial score (nSPS) is 23.1. The van der Waals surface area contributed by atoms with Crippen LogP contribution in [0, 0.1) is 19.8 Å². The molecule has 2 atom stereocenters. The van der Waals surface area contributed by atoms with Crippen LogP contribution in [0.5, 0.6) is 0 Å². The molecule has 104 valence electrons. The van der Waals surface area contributed by atoms with Gasteiger partial charge in [0, 0.05) is 18.2 Å². The Balaban J connectivity index is 1.95. The van der Waals surface area contributed by atoms with Gasteiger partial charge in [0.15, 0.2) is 0 Å². The Morgan fingerprint density at radius 2 is 2.05 bits per heavy atom. The second-order valence-corrected chi connectivity index (χ2v) is 5.67. The molecular formula is C16H24N2O. The van der Waals surface area contributed by atoms with Gasteiger partial charge in [-0.25, -0.2) is 0 Å². The number of nitrogens with one attached hydrogen (secondary N) is 1. The van der Waals surface area contributed by atoms with Crippen LogP contribution < -0.4 is 11.1 Å². The van der Waals surface area contributed by atoms with Crippen molar-refractivity contribution in [3.05, 3.63) is 34.9 Å². The molecule has 19 heavy (non-hydrogen) atoms. The van der Waals surface area contributed by atoms with E-state index < -0.39 is 0 Å². The van der Waals surface area contributed by atoms with Gasteiger partial charge >= 0.3 is 0 Å². The second-order valence-electron chi connectivity index (χ2n) is 5.67. The second kappa shape index (κ2) is 6.20. The Hall–Kier alpha value is -1.35. The summed E-state index contributed by atoms with van der Waals surface area (Å²) in [7, 11) is 0. The van der Waals surface area contributed by atoms with Gasteiger partial charge < -0.3 is 11.1 Å². The summed E-state index contributed by atoms with van der Waals surface area (Å²) in [5.41, 5.74) is 9.11. The monoisotopic (exact) mass is 260 g/mol. The van der Waals surface area contributed by atoms with Crippen molar-refractivity contribution < 1.29 is 4.79 Å². The smallest absolute Gasteiger partial charge is 0.251 e. The summed E-state index contributed by atoms with van der Waals surface area (Å²) in [5.74, 6) is 0.460. The maximum atomic E-state index is 12.2. The van der Waals surface area contributed by atoms with E-state index >= 15 is 0 Å². The van der Waals surface area contributed by atoms with Gasteiger partial charge in [-0.3, -0.25) is 4.79 Å². The third-order valence-electron chi connectivity index (χ3n) is 4.34. The van der Waals surface area contributed by atoms with Gasteiger partial charge in [-0.15, -0.1) is 0 Å². The van der Waals surface area contributed by atoms with Crippen molar-refractivity contribution in [2.75, 3.05) is 6.54 Å². The zero-order valence-electron chi connectivity index (χ0n) is 11.9. The summed E-state index contributed by atoms with van der Waals surface area (Å²) in [6, 6.07) is 6.10. The van der Waals surface area contributed by atoms with E-state index in [9.17, 15) is 4.79 Å². The molecule has 0 bridgehead atoms. The fourth-order valence-electron chi connectivity index (χ4n) is 2.81. The molecule has 1 amide bonds. The molecule has 1 aromatic carbocycles. The van der Waals surface area contributed by atoms with E-state index in [1.807, 2.05) is 32.0 Å². The minimum Gasteiger partial charge on any atom is -0.352 e. The quantitative estimate of drug-likeness (QED) is 0.877. The van der Waals surface area contributed by atoms with Crippen LogP contribution >= 0.6 is 0 Å². The topological polar surface area (TPSA) is 55.1 Å². The van der Waals surface area contributed by atoms with Crippen molar-refractivity contribution in [2.24, 2.45) is 11.7 Å². The van der Waals surface area contributed by atoms with E-state index in [1.54, 1.807) is 0 Å². The fourth-order valence-corrected chi connectivity index (χ4v) is 2.81. The molecule has 0 saturated heterocycles. The zero-order chi connectivity index (χ0) is 13.8. The Morgan fingerprint density at radius 3 is 2.79 bits per heavy atom. The number of benzene rings is 1. The van der Waals surface area contributed by atoms with Gasteiger partial charge in [-0.1, -0.05) is 25.0 Å². The summed E-state index contributed by atoms with van der Waals surface area (Å²) in [5, 5.41) is 3.05. The lowest BCUT2D eigenvalue weighted by molar-refractivity contribution is 0.0940. The number of amides is 1. The van der Waals surface area contributed by atoms with Crippen molar-refractivity contribution in [3.8, 4) is 0 Å². The van der Waals surface area contributed by atoms with Crippen LogP contribution in [0.25, 0.3) is 0 Å². The average molecular weight is 260 g/mol. The van der Waals surface area contributed by atoms with E-state index in [0.717, 1.165) is 29.5 Å². The first-order chi connectivity index (χ1) is 9.09. The minimum absolute atomic E-state index is 0.0268. The highest BCUT2D eigenvalue weighted by Crippen LogP contribution is 2.22. The third-order valence-corrected chi connectivity index (χ3v) is 4.34. The van der Waals surface area contributed by atoms with E-state index in [2.05, 4.69) is 5.32 Å². The molecule has 0 spiro atoms. The lowest BCUT2D eigenvalue weighted by atomic mass is 9.85. The van der Waals surface area contributed by atoms with Crippen LogP contribution in [-0.4, -0.2) is 18.5 Å². The minimum atomic E-state index is 0.0268. The van der Waals surface area contributed by atoms with Crippen LogP contribution in [0.2, 0.25) is 0 Å². The van der Waals surface area contributed by atoms with E-state index in [4.69, 9.17) is 5.73 Å². The van der Waals surface area contributed by atoms with Crippen molar-refractivity contribution in [1.82, 2.24) is 5.32 Å². The molecule has 3 nitrogen and oxygen atoms in total. The number of rotatable bonds is 3. The molecule has 0 aliphatic heterocycles. The standard InChI is InChI=1S/C16H24N2O/c1-11-6-5-8-14(12(11)2)16(19)18-10-13-7-3-4-9-15(13)17/h5-6,8,13,15H,3-4,7,9-10,17H2,1-2H3,(H,18,19). The van der Waals surface area contributed by atoms with Gasteiger partial charge in [0.25, 0.3) is 5.91 Å². The SMILES string of the molecule is Cc1cccc(C(=O)NCC2CCCCC2N)c1C. The van der Waals surface area contributed by atoms with Crippen molar-refractivity contribution in [1.29, 1.82) is 0 Å². The summed E-state index contributed by atoms with van der Waals surface area (Å²) in [6.07, 6.45) is 4.68. The van der Waals surface area contributed by atoms with Crippen LogP contribution in [0.3, 0.4) is 0 Å². The van der Waals surface area contributed by atoms with Gasteiger partial charge in [0.2, 0.25) is 0 Å². The molecule has 3 heteroatoms. The summed E-state index contributed by atoms with van der Waals surface area (Å²) in [6.45, 7) is 4.73. The van der Waals surface area contributed by atoms with Gasteiger partial charge in [0.1, 0.15) is 0 Å². The van der Waals surface area contributed by atoms with Gasteiger partial charge in [-0.2, -0.15) is 0 Å². The van der Waals surface area contributed by atoms with Gasteiger partial charge in [0.05, 0.1) is 0 Å². The summed E-state index contributed by atoms with van der Waals surface area (Å²) < 4.78 is 0. The molecule has 3 N–H and O–H groups in total. The first kappa shape index (κ1) is 14.1. The van der Waals surface area contributed by atoms with Crippen LogP contribution in [0.15, 0.2) is 18.2 Å². The largest absolute Gasteiger partial charge is 0.352 e. The van der Waals surface area contributed by atoms with E-state index in [1.165, 1.54) is 12.8 Å². The van der Waals surface area contributed by atoms with Crippen molar-refractivity contribution >= 4 is 5.91 Å². The first-order valence-corrected chi connectivity index (χ1v) is 7.19. The number of carbonyl (C=O) groups excluding carboxylic acids is 1. The van der Waals surface area contributed by atoms with E-state index in [-0.39, 0.29) is 11.9 Å². The molecule has 2 unspecified atom stereocenters. The van der Waals surface area contributed by atoms with Crippen molar-refractivity contribution in [2.45, 2.75) is 45.6 Å². The van der Waals surface area contributed by atoms with Crippen LogP contribution in [0.4, 0.5) is 0 Å². The first-order valence-electron chi connectivity index (χ1n) is 7.19. The highest BCUT2D eigenvalue weighted by Gasteiger charge is 2.22. The van der Waals surface area contributed by atoms with Gasteiger partial charge in [-0.05, 0) is 49.8 Å². The Labute approximate surface area is 115 Å². The zero-order valence-corrected chi connectivity index (χ0v) is 11.9. The lowest BCUT2D eigenvalue weighted by Crippen LogP contribution is -2.41. The average Bonchev–Trinajstić information content (AvgIpc) is 2.40. The summed E-state index contributed by atoms with van der Waals surface area (Å²) in [4.78, 5) is 12.2. The maximum absolute atomic E-state index is 12.2. The Bertz CT molecular complexity index is 456. The molecule has 1 aliphatic carbocycles. The molecule has 1 aromatic rings. The highest BCUT2D eigenvalue weighted by atomic mass is 16.1. The molecule has 1 fully saturated rings. The number of aryl methyl sites for hydroxylation is 1. The molecular weight excluding hydrogens is 236 g/mol. The molecule has 0 aromatic heterocycles. The molecule has 1 saturated carbocycles. The Morgan fingerprint density at radius 1 is 1.32 bits per heavy atom. The maximum Gasteiger partial charge on any atom is 0.251 e. The highest BCUT2D eigenvalue weighted by molar-refractivity contribution is 5.95. The third kappa shape index (κ3) is 3.35.